The topological polar surface area (TPSA) is 7.68 Å². The molecule has 1 aliphatic heterocycles. The highest BCUT2D eigenvalue weighted by Crippen LogP contribution is 2.38. The van der Waals surface area contributed by atoms with Crippen LogP contribution in [0.3, 0.4) is 0 Å². The minimum atomic E-state index is -0.217. The minimum absolute atomic E-state index is 0. The van der Waals surface area contributed by atoms with Crippen LogP contribution in [0.15, 0.2) is 42.5 Å². The summed E-state index contributed by atoms with van der Waals surface area (Å²) in [6.45, 7) is 9.57. The van der Waals surface area contributed by atoms with Gasteiger partial charge in [0.25, 0.3) is 0 Å². The first kappa shape index (κ1) is 21.6. The van der Waals surface area contributed by atoms with E-state index in [1.807, 2.05) is 18.2 Å². The SMILES string of the molecule is CC[NH+](CC)CCN1CCCC(c2ccc(F)cc2)c2ccc(F)cc21.[Cl-]. The Morgan fingerprint density at radius 2 is 1.67 bits per heavy atom. The molecule has 3 rings (SSSR count). The first-order valence-corrected chi connectivity index (χ1v) is 9.75. The van der Waals surface area contributed by atoms with Gasteiger partial charge in [0.05, 0.1) is 26.2 Å². The fourth-order valence-electron chi connectivity index (χ4n) is 4.02. The Hall–Kier alpha value is -1.65. The number of halogens is 3. The third-order valence-electron chi connectivity index (χ3n) is 5.64. The molecule has 0 radical (unpaired) electrons. The molecule has 0 aromatic heterocycles. The molecule has 0 bridgehead atoms. The molecule has 148 valence electrons. The van der Waals surface area contributed by atoms with Gasteiger partial charge in [-0.2, -0.15) is 0 Å². The average Bonchev–Trinajstić information content (AvgIpc) is 2.82. The third kappa shape index (κ3) is 5.20. The number of hydrogen-bond donors (Lipinski definition) is 1. The Morgan fingerprint density at radius 3 is 2.33 bits per heavy atom. The molecule has 1 unspecified atom stereocenters. The zero-order chi connectivity index (χ0) is 18.5. The summed E-state index contributed by atoms with van der Waals surface area (Å²) in [6, 6.07) is 11.9. The van der Waals surface area contributed by atoms with Crippen LogP contribution in [0.2, 0.25) is 0 Å². The Balaban J connectivity index is 0.00000261. The molecule has 2 aromatic carbocycles. The van der Waals surface area contributed by atoms with Crippen LogP contribution in [-0.4, -0.2) is 32.7 Å². The molecule has 2 nitrogen and oxygen atoms in total. The normalized spacial score (nSPS) is 16.6. The number of hydrogen-bond acceptors (Lipinski definition) is 1. The summed E-state index contributed by atoms with van der Waals surface area (Å²) >= 11 is 0. The maximum Gasteiger partial charge on any atom is 0.125 e. The van der Waals surface area contributed by atoms with Gasteiger partial charge in [0.2, 0.25) is 0 Å². The number of likely N-dealkylation sites (N-methyl/N-ethyl adjacent to an activating group) is 1. The smallest absolute Gasteiger partial charge is 0.125 e. The van der Waals surface area contributed by atoms with Crippen molar-refractivity contribution < 1.29 is 26.1 Å². The summed E-state index contributed by atoms with van der Waals surface area (Å²) in [5, 5.41) is 0. The van der Waals surface area contributed by atoms with E-state index in [9.17, 15) is 8.78 Å². The number of rotatable bonds is 6. The van der Waals surface area contributed by atoms with Crippen LogP contribution in [0.5, 0.6) is 0 Å². The molecule has 0 saturated heterocycles. The van der Waals surface area contributed by atoms with E-state index in [0.717, 1.165) is 62.4 Å². The molecule has 0 spiro atoms. The molecule has 0 amide bonds. The highest BCUT2D eigenvalue weighted by Gasteiger charge is 2.25. The molecule has 0 aliphatic carbocycles. The van der Waals surface area contributed by atoms with Crippen molar-refractivity contribution in [3.63, 3.8) is 0 Å². The summed E-state index contributed by atoms with van der Waals surface area (Å²) in [5.74, 6) is -0.216. The van der Waals surface area contributed by atoms with Crippen molar-refractivity contribution in [2.45, 2.75) is 32.6 Å². The number of quaternary nitrogens is 1. The van der Waals surface area contributed by atoms with Crippen molar-refractivity contribution in [3.8, 4) is 0 Å². The van der Waals surface area contributed by atoms with Gasteiger partial charge in [-0.3, -0.25) is 0 Å². The molecule has 2 aromatic rings. The lowest BCUT2D eigenvalue weighted by atomic mass is 9.87. The van der Waals surface area contributed by atoms with E-state index >= 15 is 0 Å². The largest absolute Gasteiger partial charge is 1.00 e. The first-order chi connectivity index (χ1) is 12.6. The second-order valence-corrected chi connectivity index (χ2v) is 7.14. The first-order valence-electron chi connectivity index (χ1n) is 9.75. The van der Waals surface area contributed by atoms with Crippen molar-refractivity contribution >= 4 is 5.69 Å². The molecule has 0 saturated carbocycles. The van der Waals surface area contributed by atoms with E-state index < -0.39 is 0 Å². The molecule has 1 heterocycles. The van der Waals surface area contributed by atoms with Gasteiger partial charge in [-0.15, -0.1) is 0 Å². The van der Waals surface area contributed by atoms with Gasteiger partial charge in [0.1, 0.15) is 11.6 Å². The summed E-state index contributed by atoms with van der Waals surface area (Å²) in [5.41, 5.74) is 3.27. The number of nitrogens with one attached hydrogen (secondary N) is 1. The van der Waals surface area contributed by atoms with E-state index in [-0.39, 0.29) is 30.0 Å². The lowest BCUT2D eigenvalue weighted by Gasteiger charge is -2.27. The Morgan fingerprint density at radius 1 is 1.00 bits per heavy atom. The predicted molar refractivity (Wildman–Crippen MR) is 103 cm³/mol. The summed E-state index contributed by atoms with van der Waals surface area (Å²) < 4.78 is 27.4. The van der Waals surface area contributed by atoms with Crippen molar-refractivity contribution in [3.05, 3.63) is 65.2 Å². The number of nitrogens with zero attached hydrogens (tertiary/aromatic N) is 1. The van der Waals surface area contributed by atoms with Crippen LogP contribution in [0.4, 0.5) is 14.5 Å². The van der Waals surface area contributed by atoms with Gasteiger partial charge in [-0.25, -0.2) is 8.78 Å². The fraction of sp³-hybridized carbons (Fsp3) is 0.455. The van der Waals surface area contributed by atoms with Crippen molar-refractivity contribution in [1.82, 2.24) is 0 Å². The predicted octanol–water partition coefficient (Wildman–Crippen LogP) is 0.626. The second-order valence-electron chi connectivity index (χ2n) is 7.14. The molecular weight excluding hydrogens is 366 g/mol. The zero-order valence-electron chi connectivity index (χ0n) is 16.1. The van der Waals surface area contributed by atoms with Crippen molar-refractivity contribution in [2.75, 3.05) is 37.6 Å². The lowest BCUT2D eigenvalue weighted by Crippen LogP contribution is -3.12. The van der Waals surface area contributed by atoms with E-state index in [1.165, 1.54) is 12.1 Å². The highest BCUT2D eigenvalue weighted by atomic mass is 35.5. The molecule has 1 atom stereocenters. The van der Waals surface area contributed by atoms with E-state index in [1.54, 1.807) is 17.0 Å². The van der Waals surface area contributed by atoms with E-state index in [2.05, 4.69) is 18.7 Å². The minimum Gasteiger partial charge on any atom is -1.00 e. The third-order valence-corrected chi connectivity index (χ3v) is 5.64. The average molecular weight is 395 g/mol. The van der Waals surface area contributed by atoms with Crippen LogP contribution in [-0.2, 0) is 0 Å². The molecule has 0 fully saturated rings. The van der Waals surface area contributed by atoms with E-state index in [4.69, 9.17) is 0 Å². The van der Waals surface area contributed by atoms with Crippen LogP contribution in [0.25, 0.3) is 0 Å². The number of fused-ring (bicyclic) bond motifs is 1. The monoisotopic (exact) mass is 394 g/mol. The molecule has 5 heteroatoms. The molecule has 27 heavy (non-hydrogen) atoms. The summed E-state index contributed by atoms with van der Waals surface area (Å²) in [4.78, 5) is 3.90. The standard InChI is InChI=1S/C22H28F2N2.ClH/c1-3-25(4-2)14-15-26-13-5-6-20(17-7-9-18(23)10-8-17)21-12-11-19(24)16-22(21)26;/h7-12,16,20H,3-6,13-15H2,1-2H3;1H. The number of benzene rings is 2. The van der Waals surface area contributed by atoms with Gasteiger partial charge < -0.3 is 22.2 Å². The van der Waals surface area contributed by atoms with Crippen molar-refractivity contribution in [1.29, 1.82) is 0 Å². The van der Waals surface area contributed by atoms with Crippen LogP contribution in [0.1, 0.15) is 43.7 Å². The van der Waals surface area contributed by atoms with Gasteiger partial charge in [-0.1, -0.05) is 18.2 Å². The maximum atomic E-state index is 14.0. The quantitative estimate of drug-likeness (QED) is 0.755. The Kier molecular flexibility index (Phi) is 8.06. The van der Waals surface area contributed by atoms with Gasteiger partial charge in [0.15, 0.2) is 0 Å². The van der Waals surface area contributed by atoms with Crippen molar-refractivity contribution in [2.24, 2.45) is 0 Å². The molecule has 1 aliphatic rings. The lowest BCUT2D eigenvalue weighted by molar-refractivity contribution is -0.894. The summed E-state index contributed by atoms with van der Waals surface area (Å²) in [7, 11) is 0. The van der Waals surface area contributed by atoms with Crippen LogP contribution in [0, 0.1) is 11.6 Å². The van der Waals surface area contributed by atoms with Gasteiger partial charge >= 0.3 is 0 Å². The fourth-order valence-corrected chi connectivity index (χ4v) is 4.02. The highest BCUT2D eigenvalue weighted by molar-refractivity contribution is 5.58. The van der Waals surface area contributed by atoms with Gasteiger partial charge in [0, 0.05) is 18.2 Å². The Bertz CT molecular complexity index is 717. The molecule has 1 N–H and O–H groups in total. The molecular formula is C22H29ClF2N2. The second kappa shape index (κ2) is 10.0. The van der Waals surface area contributed by atoms with E-state index in [0.29, 0.717) is 0 Å². The van der Waals surface area contributed by atoms with Crippen LogP contribution < -0.4 is 22.2 Å². The summed E-state index contributed by atoms with van der Waals surface area (Å²) in [6.07, 6.45) is 2.05. The van der Waals surface area contributed by atoms with Crippen LogP contribution >= 0.6 is 0 Å². The maximum absolute atomic E-state index is 14.0. The Labute approximate surface area is 167 Å². The van der Waals surface area contributed by atoms with Gasteiger partial charge in [-0.05, 0) is 62.1 Å². The zero-order valence-corrected chi connectivity index (χ0v) is 16.9. The number of anilines is 1.